The monoisotopic (exact) mass is 334 g/mol. The van der Waals surface area contributed by atoms with Crippen molar-refractivity contribution in [3.8, 4) is 0 Å². The van der Waals surface area contributed by atoms with E-state index in [1.54, 1.807) is 4.90 Å². The number of benzene rings is 1. The van der Waals surface area contributed by atoms with Gasteiger partial charge in [0, 0.05) is 30.2 Å². The summed E-state index contributed by atoms with van der Waals surface area (Å²) < 4.78 is 26.1. The number of rotatable bonds is 2. The van der Waals surface area contributed by atoms with Crippen LogP contribution >= 0.6 is 0 Å². The highest BCUT2D eigenvalue weighted by atomic mass is 19.1. The quantitative estimate of drug-likeness (QED) is 0.828. The van der Waals surface area contributed by atoms with Gasteiger partial charge in [-0.2, -0.15) is 0 Å². The van der Waals surface area contributed by atoms with Crippen LogP contribution in [-0.4, -0.2) is 48.3 Å². The van der Waals surface area contributed by atoms with Crippen LogP contribution in [0.1, 0.15) is 44.5 Å². The Morgan fingerprint density at radius 1 is 1.29 bits per heavy atom. The van der Waals surface area contributed by atoms with Crippen LogP contribution in [0.5, 0.6) is 0 Å². The van der Waals surface area contributed by atoms with Crippen molar-refractivity contribution in [3.63, 3.8) is 0 Å². The van der Waals surface area contributed by atoms with Crippen LogP contribution in [0.2, 0.25) is 0 Å². The van der Waals surface area contributed by atoms with Gasteiger partial charge in [-0.15, -0.1) is 0 Å². The predicted molar refractivity (Wildman–Crippen MR) is 90.6 cm³/mol. The van der Waals surface area contributed by atoms with Gasteiger partial charge < -0.3 is 19.9 Å². The zero-order valence-electron chi connectivity index (χ0n) is 14.6. The topological polar surface area (TPSA) is 64.8 Å². The third-order valence-electron chi connectivity index (χ3n) is 5.26. The van der Waals surface area contributed by atoms with Gasteiger partial charge in [-0.3, -0.25) is 4.79 Å². The second kappa shape index (κ2) is 5.83. The molecule has 24 heavy (non-hydrogen) atoms. The van der Waals surface area contributed by atoms with E-state index >= 15 is 0 Å². The summed E-state index contributed by atoms with van der Waals surface area (Å²) in [6, 6.07) is 4.33. The minimum atomic E-state index is -0.830. The highest BCUT2D eigenvalue weighted by molar-refractivity contribution is 6.62. The van der Waals surface area contributed by atoms with Crippen molar-refractivity contribution in [2.45, 2.75) is 51.4 Å². The molecule has 130 valence electrons. The number of halogens is 1. The Kier molecular flexibility index (Phi) is 4.22. The zero-order chi connectivity index (χ0) is 17.7. The molecule has 0 bridgehead atoms. The molecule has 1 aromatic carbocycles. The summed E-state index contributed by atoms with van der Waals surface area (Å²) in [5, 5.41) is 0. The summed E-state index contributed by atoms with van der Waals surface area (Å²) >= 11 is 0. The van der Waals surface area contributed by atoms with Crippen molar-refractivity contribution in [3.05, 3.63) is 29.6 Å². The predicted octanol–water partition coefficient (Wildman–Crippen LogP) is 1.30. The van der Waals surface area contributed by atoms with E-state index in [1.807, 2.05) is 27.7 Å². The molecule has 0 radical (unpaired) electrons. The summed E-state index contributed by atoms with van der Waals surface area (Å²) in [5.41, 5.74) is 5.41. The van der Waals surface area contributed by atoms with Crippen LogP contribution in [0.4, 0.5) is 4.39 Å². The van der Waals surface area contributed by atoms with E-state index in [0.29, 0.717) is 18.7 Å². The van der Waals surface area contributed by atoms with E-state index in [0.717, 1.165) is 6.42 Å². The first kappa shape index (κ1) is 17.4. The van der Waals surface area contributed by atoms with Crippen molar-refractivity contribution >= 4 is 18.5 Å². The summed E-state index contributed by atoms with van der Waals surface area (Å²) in [6.07, 6.45) is 0.789. The molecule has 2 aliphatic rings. The van der Waals surface area contributed by atoms with E-state index in [1.165, 1.54) is 18.2 Å². The minimum absolute atomic E-state index is 0.0111. The largest absolute Gasteiger partial charge is 0.497 e. The lowest BCUT2D eigenvalue weighted by atomic mass is 9.78. The fourth-order valence-corrected chi connectivity index (χ4v) is 2.98. The van der Waals surface area contributed by atoms with Crippen molar-refractivity contribution < 1.29 is 18.5 Å². The molecule has 2 aliphatic heterocycles. The molecular weight excluding hydrogens is 310 g/mol. The molecule has 3 rings (SSSR count). The van der Waals surface area contributed by atoms with Gasteiger partial charge in [0.1, 0.15) is 5.82 Å². The molecule has 2 fully saturated rings. The molecule has 0 spiro atoms. The smallest absolute Gasteiger partial charge is 0.399 e. The molecule has 5 nitrogen and oxygen atoms in total. The number of amides is 1. The maximum Gasteiger partial charge on any atom is 0.497 e. The Morgan fingerprint density at radius 2 is 1.92 bits per heavy atom. The van der Waals surface area contributed by atoms with E-state index in [2.05, 4.69) is 0 Å². The molecule has 1 aromatic rings. The minimum Gasteiger partial charge on any atom is -0.399 e. The van der Waals surface area contributed by atoms with Gasteiger partial charge in [0.05, 0.1) is 11.2 Å². The molecule has 0 aromatic heterocycles. The normalized spacial score (nSPS) is 25.3. The average molecular weight is 334 g/mol. The standard InChI is InChI=1S/C17H24BFN2O3/c1-16(2)17(3,4)24-18(23-16)13-9-11(5-6-14(13)19)15(22)21-8-7-12(20)10-21/h5-6,9,12H,7-8,10,20H2,1-4H3. The fourth-order valence-electron chi connectivity index (χ4n) is 2.98. The van der Waals surface area contributed by atoms with Gasteiger partial charge in [-0.1, -0.05) is 0 Å². The van der Waals surface area contributed by atoms with Crippen LogP contribution in [0.15, 0.2) is 18.2 Å². The van der Waals surface area contributed by atoms with E-state index < -0.39 is 24.1 Å². The van der Waals surface area contributed by atoms with Gasteiger partial charge in [0.25, 0.3) is 5.91 Å². The van der Waals surface area contributed by atoms with Crippen LogP contribution in [0.3, 0.4) is 0 Å². The lowest BCUT2D eigenvalue weighted by molar-refractivity contribution is 0.00578. The number of carbonyl (C=O) groups is 1. The van der Waals surface area contributed by atoms with Crippen molar-refractivity contribution in [1.82, 2.24) is 4.90 Å². The number of hydrogen-bond donors (Lipinski definition) is 1. The maximum absolute atomic E-state index is 14.3. The third-order valence-corrected chi connectivity index (χ3v) is 5.26. The first-order valence-corrected chi connectivity index (χ1v) is 8.31. The second-order valence-corrected chi connectivity index (χ2v) is 7.62. The van der Waals surface area contributed by atoms with Gasteiger partial charge in [0.2, 0.25) is 0 Å². The zero-order valence-corrected chi connectivity index (χ0v) is 14.6. The summed E-state index contributed by atoms with van der Waals surface area (Å²) in [6.45, 7) is 8.79. The lowest BCUT2D eigenvalue weighted by Crippen LogP contribution is -2.41. The molecule has 2 heterocycles. The highest BCUT2D eigenvalue weighted by Gasteiger charge is 2.52. The SMILES string of the molecule is CC1(C)OB(c2cc(C(=O)N3CCC(N)C3)ccc2F)OC1(C)C. The molecule has 1 atom stereocenters. The molecule has 7 heteroatoms. The third kappa shape index (κ3) is 2.96. The molecular formula is C17H24BFN2O3. The van der Waals surface area contributed by atoms with Gasteiger partial charge >= 0.3 is 7.12 Å². The second-order valence-electron chi connectivity index (χ2n) is 7.62. The number of nitrogens with two attached hydrogens (primary N) is 1. The van der Waals surface area contributed by atoms with Crippen molar-refractivity contribution in [2.24, 2.45) is 5.73 Å². The number of nitrogens with zero attached hydrogens (tertiary/aromatic N) is 1. The van der Waals surface area contributed by atoms with Crippen molar-refractivity contribution in [2.75, 3.05) is 13.1 Å². The average Bonchev–Trinajstić information content (AvgIpc) is 3.00. The summed E-state index contributed by atoms with van der Waals surface area (Å²) in [5.74, 6) is -0.580. The van der Waals surface area contributed by atoms with Gasteiger partial charge in [-0.25, -0.2) is 4.39 Å². The molecule has 0 saturated carbocycles. The molecule has 2 N–H and O–H groups in total. The number of likely N-dealkylation sites (tertiary alicyclic amines) is 1. The van der Waals surface area contributed by atoms with Crippen LogP contribution in [-0.2, 0) is 9.31 Å². The van der Waals surface area contributed by atoms with Crippen molar-refractivity contribution in [1.29, 1.82) is 0 Å². The first-order valence-electron chi connectivity index (χ1n) is 8.31. The molecule has 2 saturated heterocycles. The molecule has 1 amide bonds. The Labute approximate surface area is 142 Å². The summed E-state index contributed by atoms with van der Waals surface area (Å²) in [7, 11) is -0.830. The fraction of sp³-hybridized carbons (Fsp3) is 0.588. The Balaban J connectivity index is 1.86. The number of carbonyl (C=O) groups excluding carboxylic acids is 1. The summed E-state index contributed by atoms with van der Waals surface area (Å²) in [4.78, 5) is 14.3. The highest BCUT2D eigenvalue weighted by Crippen LogP contribution is 2.36. The van der Waals surface area contributed by atoms with Crippen LogP contribution in [0.25, 0.3) is 0 Å². The van der Waals surface area contributed by atoms with E-state index in [4.69, 9.17) is 15.0 Å². The van der Waals surface area contributed by atoms with Crippen LogP contribution < -0.4 is 11.2 Å². The number of hydrogen-bond acceptors (Lipinski definition) is 4. The first-order chi connectivity index (χ1) is 11.1. The Bertz CT molecular complexity index is 649. The van der Waals surface area contributed by atoms with E-state index in [-0.39, 0.29) is 17.4 Å². The lowest BCUT2D eigenvalue weighted by Gasteiger charge is -2.32. The van der Waals surface area contributed by atoms with Crippen LogP contribution in [0, 0.1) is 5.82 Å². The Hall–Kier alpha value is -1.44. The maximum atomic E-state index is 14.3. The molecule has 0 aliphatic carbocycles. The Morgan fingerprint density at radius 3 is 2.46 bits per heavy atom. The van der Waals surface area contributed by atoms with Gasteiger partial charge in [0.15, 0.2) is 0 Å². The molecule has 1 unspecified atom stereocenters. The van der Waals surface area contributed by atoms with E-state index in [9.17, 15) is 9.18 Å². The van der Waals surface area contributed by atoms with Gasteiger partial charge in [-0.05, 0) is 52.3 Å².